The van der Waals surface area contributed by atoms with Crippen molar-refractivity contribution in [3.63, 3.8) is 0 Å². The van der Waals surface area contributed by atoms with Crippen molar-refractivity contribution in [1.82, 2.24) is 0 Å². The van der Waals surface area contributed by atoms with Crippen LogP contribution in [0.3, 0.4) is 0 Å². The molecule has 0 aliphatic heterocycles. The van der Waals surface area contributed by atoms with Crippen LogP contribution in [0.4, 0.5) is 0 Å². The van der Waals surface area contributed by atoms with Crippen LogP contribution in [0.5, 0.6) is 11.5 Å². The van der Waals surface area contributed by atoms with E-state index in [9.17, 15) is 5.11 Å². The van der Waals surface area contributed by atoms with Crippen molar-refractivity contribution < 1.29 is 14.3 Å². The summed E-state index contributed by atoms with van der Waals surface area (Å²) < 4.78 is 10.7. The second-order valence-electron chi connectivity index (χ2n) is 2.90. The van der Waals surface area contributed by atoms with Gasteiger partial charge in [0.1, 0.15) is 16.9 Å². The minimum Gasteiger partial charge on any atom is -0.508 e. The molecule has 0 saturated carbocycles. The van der Waals surface area contributed by atoms with Gasteiger partial charge in [-0.25, -0.2) is 4.42 Å². The number of benzene rings is 1. The number of fused-ring (bicyclic) bond motifs is 1. The SMILES string of the molecule is CCOc1cc[o+]c2cc(O)ccc12. The number of ether oxygens (including phenoxy) is 1. The molecule has 0 amide bonds. The Morgan fingerprint density at radius 1 is 1.36 bits per heavy atom. The fourth-order valence-electron chi connectivity index (χ4n) is 1.35. The summed E-state index contributed by atoms with van der Waals surface area (Å²) in [5.74, 6) is 0.962. The van der Waals surface area contributed by atoms with Crippen LogP contribution in [0.1, 0.15) is 6.92 Å². The van der Waals surface area contributed by atoms with Crippen LogP contribution in [0, 0.1) is 0 Å². The Kier molecular flexibility index (Phi) is 2.23. The summed E-state index contributed by atoms with van der Waals surface area (Å²) in [7, 11) is 0. The van der Waals surface area contributed by atoms with Gasteiger partial charge in [0.15, 0.2) is 0 Å². The quantitative estimate of drug-likeness (QED) is 0.742. The monoisotopic (exact) mass is 191 g/mol. The van der Waals surface area contributed by atoms with Crippen molar-refractivity contribution in [1.29, 1.82) is 0 Å². The Bertz CT molecular complexity index is 451. The Balaban J connectivity index is 2.62. The van der Waals surface area contributed by atoms with E-state index >= 15 is 0 Å². The van der Waals surface area contributed by atoms with E-state index in [1.54, 1.807) is 30.5 Å². The van der Waals surface area contributed by atoms with Gasteiger partial charge in [0.2, 0.25) is 0 Å². The molecule has 0 atom stereocenters. The van der Waals surface area contributed by atoms with Gasteiger partial charge in [-0.05, 0) is 19.1 Å². The Morgan fingerprint density at radius 3 is 3.00 bits per heavy atom. The molecule has 3 nitrogen and oxygen atoms in total. The van der Waals surface area contributed by atoms with E-state index in [2.05, 4.69) is 0 Å². The maximum Gasteiger partial charge on any atom is 0.367 e. The van der Waals surface area contributed by atoms with Gasteiger partial charge in [-0.3, -0.25) is 0 Å². The summed E-state index contributed by atoms with van der Waals surface area (Å²) in [5.41, 5.74) is 0.621. The van der Waals surface area contributed by atoms with Crippen molar-refractivity contribution in [2.24, 2.45) is 0 Å². The van der Waals surface area contributed by atoms with E-state index in [1.165, 1.54) is 0 Å². The molecule has 0 unspecified atom stereocenters. The molecule has 0 radical (unpaired) electrons. The highest BCUT2D eigenvalue weighted by atomic mass is 16.5. The Labute approximate surface area is 81.6 Å². The van der Waals surface area contributed by atoms with Gasteiger partial charge in [0, 0.05) is 0 Å². The fraction of sp³-hybridized carbons (Fsp3) is 0.182. The van der Waals surface area contributed by atoms with Crippen molar-refractivity contribution in [2.75, 3.05) is 6.61 Å². The van der Waals surface area contributed by atoms with Crippen molar-refractivity contribution in [2.45, 2.75) is 6.92 Å². The fourth-order valence-corrected chi connectivity index (χ4v) is 1.35. The van der Waals surface area contributed by atoms with E-state index in [-0.39, 0.29) is 5.75 Å². The average molecular weight is 191 g/mol. The zero-order valence-corrected chi connectivity index (χ0v) is 7.86. The molecule has 1 heterocycles. The molecular weight excluding hydrogens is 180 g/mol. The highest BCUT2D eigenvalue weighted by Gasteiger charge is 2.11. The van der Waals surface area contributed by atoms with E-state index in [4.69, 9.17) is 9.15 Å². The number of rotatable bonds is 2. The first-order chi connectivity index (χ1) is 6.81. The van der Waals surface area contributed by atoms with Crippen LogP contribution in [0.25, 0.3) is 11.0 Å². The van der Waals surface area contributed by atoms with Crippen LogP contribution >= 0.6 is 0 Å². The first-order valence-electron chi connectivity index (χ1n) is 4.47. The molecule has 0 fully saturated rings. The lowest BCUT2D eigenvalue weighted by atomic mass is 10.2. The molecule has 3 heteroatoms. The van der Waals surface area contributed by atoms with E-state index < -0.39 is 0 Å². The third-order valence-corrected chi connectivity index (χ3v) is 1.94. The third kappa shape index (κ3) is 1.48. The highest BCUT2D eigenvalue weighted by Crippen LogP contribution is 2.27. The van der Waals surface area contributed by atoms with Gasteiger partial charge < -0.3 is 9.84 Å². The first kappa shape index (κ1) is 8.81. The zero-order chi connectivity index (χ0) is 9.97. The summed E-state index contributed by atoms with van der Waals surface area (Å²) in [6.07, 6.45) is 1.55. The lowest BCUT2D eigenvalue weighted by Gasteiger charge is -2.01. The van der Waals surface area contributed by atoms with Crippen molar-refractivity contribution in [3.8, 4) is 11.5 Å². The maximum absolute atomic E-state index is 9.25. The summed E-state index contributed by atoms with van der Waals surface area (Å²) in [4.78, 5) is 0. The largest absolute Gasteiger partial charge is 0.508 e. The van der Waals surface area contributed by atoms with Crippen molar-refractivity contribution in [3.05, 3.63) is 30.5 Å². The Morgan fingerprint density at radius 2 is 2.21 bits per heavy atom. The molecule has 2 rings (SSSR count). The van der Waals surface area contributed by atoms with Gasteiger partial charge in [-0.15, -0.1) is 0 Å². The molecule has 0 saturated heterocycles. The molecule has 72 valence electrons. The van der Waals surface area contributed by atoms with Crippen LogP contribution in [-0.4, -0.2) is 11.7 Å². The molecule has 1 aromatic carbocycles. The lowest BCUT2D eigenvalue weighted by Crippen LogP contribution is -1.91. The summed E-state index contributed by atoms with van der Waals surface area (Å²) >= 11 is 0. The molecule has 1 aromatic heterocycles. The predicted molar refractivity (Wildman–Crippen MR) is 53.5 cm³/mol. The normalized spacial score (nSPS) is 10.4. The minimum absolute atomic E-state index is 0.190. The third-order valence-electron chi connectivity index (χ3n) is 1.94. The van der Waals surface area contributed by atoms with E-state index in [0.29, 0.717) is 12.2 Å². The number of phenols is 1. The number of hydrogen-bond acceptors (Lipinski definition) is 2. The molecule has 0 aliphatic carbocycles. The van der Waals surface area contributed by atoms with Gasteiger partial charge in [-0.1, -0.05) is 0 Å². The molecule has 14 heavy (non-hydrogen) atoms. The van der Waals surface area contributed by atoms with Crippen LogP contribution < -0.4 is 4.74 Å². The standard InChI is InChI=1S/C11H10O3/c1-2-13-10-5-6-14-11-7-8(12)3-4-9(10)11/h3-7H,2H2,1H3/p+1. The molecule has 1 N–H and O–H groups in total. The summed E-state index contributed by atoms with van der Waals surface area (Å²) in [6, 6.07) is 6.72. The van der Waals surface area contributed by atoms with Crippen LogP contribution in [-0.2, 0) is 0 Å². The van der Waals surface area contributed by atoms with Gasteiger partial charge >= 0.3 is 11.8 Å². The van der Waals surface area contributed by atoms with Crippen LogP contribution in [0.2, 0.25) is 0 Å². The number of phenolic OH excluding ortho intramolecular Hbond substituents is 1. The molecule has 0 bridgehead atoms. The average Bonchev–Trinajstić information content (AvgIpc) is 2.18. The molecular formula is C11H11O3+. The van der Waals surface area contributed by atoms with E-state index in [0.717, 1.165) is 11.1 Å². The smallest absolute Gasteiger partial charge is 0.367 e. The Hall–Kier alpha value is -1.77. The zero-order valence-electron chi connectivity index (χ0n) is 7.86. The maximum atomic E-state index is 9.25. The highest BCUT2D eigenvalue weighted by molar-refractivity contribution is 5.84. The second-order valence-corrected chi connectivity index (χ2v) is 2.90. The topological polar surface area (TPSA) is 40.8 Å². The minimum atomic E-state index is 0.190. The van der Waals surface area contributed by atoms with Gasteiger partial charge in [0.05, 0.1) is 18.7 Å². The lowest BCUT2D eigenvalue weighted by molar-refractivity contribution is 0.342. The first-order valence-corrected chi connectivity index (χ1v) is 4.47. The molecule has 2 aromatic rings. The molecule has 0 aliphatic rings. The van der Waals surface area contributed by atoms with E-state index in [1.807, 2.05) is 6.92 Å². The summed E-state index contributed by atoms with van der Waals surface area (Å²) in [5, 5.41) is 10.1. The number of hydrogen-bond donors (Lipinski definition) is 1. The van der Waals surface area contributed by atoms with Gasteiger partial charge in [-0.2, -0.15) is 0 Å². The summed E-state index contributed by atoms with van der Waals surface area (Å²) in [6.45, 7) is 2.54. The predicted octanol–water partition coefficient (Wildman–Crippen LogP) is 2.82. The molecule has 0 spiro atoms. The number of aromatic hydroxyl groups is 1. The second kappa shape index (κ2) is 3.54. The van der Waals surface area contributed by atoms with Crippen LogP contribution in [0.15, 0.2) is 34.9 Å². The van der Waals surface area contributed by atoms with Gasteiger partial charge in [0.25, 0.3) is 0 Å². The van der Waals surface area contributed by atoms with Crippen molar-refractivity contribution >= 4 is 11.0 Å².